The minimum Gasteiger partial charge on any atom is -0.466 e. The number of piperidine rings is 1. The van der Waals surface area contributed by atoms with Gasteiger partial charge in [-0.15, -0.1) is 0 Å². The number of nitrogens with zero attached hydrogens (tertiary/aromatic N) is 1. The number of benzene rings is 2. The summed E-state index contributed by atoms with van der Waals surface area (Å²) in [6, 6.07) is 15.7. The largest absolute Gasteiger partial charge is 0.466 e. The third-order valence-corrected chi connectivity index (χ3v) is 5.87. The topological polar surface area (TPSA) is 38.8 Å². The van der Waals surface area contributed by atoms with E-state index < -0.39 is 0 Å². The van der Waals surface area contributed by atoms with Crippen molar-refractivity contribution >= 4 is 29.2 Å². The summed E-state index contributed by atoms with van der Waals surface area (Å²) < 4.78 is 11.6. The third-order valence-electron chi connectivity index (χ3n) is 5.37. The van der Waals surface area contributed by atoms with Crippen molar-refractivity contribution in [3.63, 3.8) is 0 Å². The van der Waals surface area contributed by atoms with Crippen molar-refractivity contribution in [3.05, 3.63) is 69.7 Å². The number of hydrogen-bond acceptors (Lipinski definition) is 4. The maximum absolute atomic E-state index is 11.5. The quantitative estimate of drug-likeness (QED) is 0.446. The second-order valence-electron chi connectivity index (χ2n) is 7.57. The molecule has 0 aliphatic carbocycles. The fourth-order valence-electron chi connectivity index (χ4n) is 3.77. The van der Waals surface area contributed by atoms with E-state index in [1.807, 2.05) is 55.5 Å². The van der Waals surface area contributed by atoms with Crippen molar-refractivity contribution in [2.24, 2.45) is 0 Å². The Labute approximate surface area is 189 Å². The van der Waals surface area contributed by atoms with Crippen LogP contribution in [-0.2, 0) is 14.3 Å². The molecule has 6 heteroatoms. The molecule has 1 aliphatic heterocycles. The van der Waals surface area contributed by atoms with Crippen LogP contribution in [0.1, 0.15) is 49.8 Å². The van der Waals surface area contributed by atoms with E-state index in [1.165, 1.54) is 0 Å². The molecule has 2 aromatic rings. The number of carbonyl (C=O) groups is 1. The van der Waals surface area contributed by atoms with Crippen LogP contribution in [0.25, 0.3) is 0 Å². The maximum atomic E-state index is 11.5. The molecular formula is C24H29Cl2NO3. The van der Waals surface area contributed by atoms with E-state index in [2.05, 4.69) is 4.90 Å². The van der Waals surface area contributed by atoms with Crippen LogP contribution in [0.4, 0.5) is 0 Å². The highest BCUT2D eigenvalue weighted by Crippen LogP contribution is 2.31. The number of hydrogen-bond donors (Lipinski definition) is 0. The number of carbonyl (C=O) groups excluding carboxylic acids is 1. The van der Waals surface area contributed by atoms with E-state index in [4.69, 9.17) is 32.7 Å². The molecule has 2 aromatic carbocycles. The predicted molar refractivity (Wildman–Crippen MR) is 121 cm³/mol. The van der Waals surface area contributed by atoms with Crippen molar-refractivity contribution in [2.75, 3.05) is 26.2 Å². The summed E-state index contributed by atoms with van der Waals surface area (Å²) >= 11 is 12.2. The van der Waals surface area contributed by atoms with Crippen LogP contribution in [0.2, 0.25) is 10.0 Å². The molecule has 0 aromatic heterocycles. The summed E-state index contributed by atoms with van der Waals surface area (Å²) in [7, 11) is 0. The molecule has 0 radical (unpaired) electrons. The van der Waals surface area contributed by atoms with E-state index in [0.717, 1.165) is 50.0 Å². The molecule has 0 bridgehead atoms. The second-order valence-corrected chi connectivity index (χ2v) is 8.44. The number of esters is 1. The van der Waals surface area contributed by atoms with E-state index >= 15 is 0 Å². The average Bonchev–Trinajstić information content (AvgIpc) is 2.75. The van der Waals surface area contributed by atoms with Gasteiger partial charge in [-0.2, -0.15) is 0 Å². The Morgan fingerprint density at radius 2 is 1.53 bits per heavy atom. The molecule has 1 heterocycles. The minimum absolute atomic E-state index is 0.107. The van der Waals surface area contributed by atoms with Gasteiger partial charge in [-0.05, 0) is 68.1 Å². The van der Waals surface area contributed by atoms with Gasteiger partial charge < -0.3 is 14.4 Å². The summed E-state index contributed by atoms with van der Waals surface area (Å²) in [5.41, 5.74) is 2.16. The average molecular weight is 450 g/mol. The van der Waals surface area contributed by atoms with Gasteiger partial charge in [0.2, 0.25) is 0 Å². The molecule has 30 heavy (non-hydrogen) atoms. The summed E-state index contributed by atoms with van der Waals surface area (Å²) in [6.07, 6.45) is 3.29. The lowest BCUT2D eigenvalue weighted by molar-refractivity contribution is -0.143. The highest BCUT2D eigenvalue weighted by molar-refractivity contribution is 6.30. The fraction of sp³-hybridized carbons (Fsp3) is 0.458. The first-order valence-corrected chi connectivity index (χ1v) is 11.3. The van der Waals surface area contributed by atoms with Gasteiger partial charge in [0.25, 0.3) is 0 Å². The Morgan fingerprint density at radius 1 is 1.00 bits per heavy atom. The zero-order chi connectivity index (χ0) is 21.3. The van der Waals surface area contributed by atoms with Crippen LogP contribution in [0.3, 0.4) is 0 Å². The summed E-state index contributed by atoms with van der Waals surface area (Å²) in [4.78, 5) is 13.9. The number of ether oxygens (including phenoxy) is 2. The van der Waals surface area contributed by atoms with Crippen LogP contribution in [0, 0.1) is 0 Å². The van der Waals surface area contributed by atoms with Gasteiger partial charge in [0.05, 0.1) is 12.7 Å². The molecule has 0 amide bonds. The molecule has 162 valence electrons. The normalized spacial score (nSPS) is 15.5. The summed E-state index contributed by atoms with van der Waals surface area (Å²) in [5.74, 6) is -0.107. The Bertz CT molecular complexity index is 742. The maximum Gasteiger partial charge on any atom is 0.305 e. The molecule has 0 saturated carbocycles. The first kappa shape index (κ1) is 23.1. The molecular weight excluding hydrogens is 421 g/mol. The van der Waals surface area contributed by atoms with Gasteiger partial charge in [0.1, 0.15) is 6.10 Å². The second kappa shape index (κ2) is 11.7. The Hall–Kier alpha value is -1.59. The first-order chi connectivity index (χ1) is 14.5. The summed E-state index contributed by atoms with van der Waals surface area (Å²) in [5, 5.41) is 1.43. The van der Waals surface area contributed by atoms with E-state index in [1.54, 1.807) is 0 Å². The standard InChI is InChI=1S/C24H29Cl2NO3/c1-2-29-23(28)4-3-15-27-16-13-22(14-17-27)30-24(18-5-9-20(25)10-6-18)19-7-11-21(26)12-8-19/h5-12,22,24H,2-4,13-17H2,1H3. The van der Waals surface area contributed by atoms with Gasteiger partial charge in [-0.3, -0.25) is 4.79 Å². The van der Waals surface area contributed by atoms with Crippen molar-refractivity contribution in [1.29, 1.82) is 0 Å². The van der Waals surface area contributed by atoms with Gasteiger partial charge in [0.15, 0.2) is 0 Å². The van der Waals surface area contributed by atoms with Crippen molar-refractivity contribution in [2.45, 2.75) is 44.8 Å². The van der Waals surface area contributed by atoms with E-state index in [9.17, 15) is 4.79 Å². The molecule has 0 unspecified atom stereocenters. The lowest BCUT2D eigenvalue weighted by atomic mass is 10.00. The highest BCUT2D eigenvalue weighted by Gasteiger charge is 2.25. The molecule has 1 fully saturated rings. The highest BCUT2D eigenvalue weighted by atomic mass is 35.5. The molecule has 0 atom stereocenters. The van der Waals surface area contributed by atoms with E-state index in [0.29, 0.717) is 23.1 Å². The predicted octanol–water partition coefficient (Wildman–Crippen LogP) is 5.91. The van der Waals surface area contributed by atoms with Crippen LogP contribution in [0.15, 0.2) is 48.5 Å². The van der Waals surface area contributed by atoms with Gasteiger partial charge >= 0.3 is 5.97 Å². The lowest BCUT2D eigenvalue weighted by Gasteiger charge is -2.34. The van der Waals surface area contributed by atoms with Crippen LogP contribution < -0.4 is 0 Å². The van der Waals surface area contributed by atoms with Crippen LogP contribution in [-0.4, -0.2) is 43.2 Å². The summed E-state index contributed by atoms with van der Waals surface area (Å²) in [6.45, 7) is 5.15. The zero-order valence-electron chi connectivity index (χ0n) is 17.4. The Kier molecular flexibility index (Phi) is 9.01. The van der Waals surface area contributed by atoms with Crippen molar-refractivity contribution < 1.29 is 14.3 Å². The SMILES string of the molecule is CCOC(=O)CCCN1CCC(OC(c2ccc(Cl)cc2)c2ccc(Cl)cc2)CC1. The molecule has 3 rings (SSSR count). The molecule has 1 saturated heterocycles. The van der Waals surface area contributed by atoms with Gasteiger partial charge in [0, 0.05) is 29.6 Å². The Balaban J connectivity index is 1.56. The minimum atomic E-state index is -0.153. The lowest BCUT2D eigenvalue weighted by Crippen LogP contribution is -2.38. The van der Waals surface area contributed by atoms with E-state index in [-0.39, 0.29) is 18.2 Å². The number of rotatable bonds is 9. The Morgan fingerprint density at radius 3 is 2.03 bits per heavy atom. The van der Waals surface area contributed by atoms with Crippen molar-refractivity contribution in [1.82, 2.24) is 4.90 Å². The zero-order valence-corrected chi connectivity index (χ0v) is 18.9. The first-order valence-electron chi connectivity index (χ1n) is 10.6. The smallest absolute Gasteiger partial charge is 0.305 e. The van der Waals surface area contributed by atoms with Gasteiger partial charge in [-0.25, -0.2) is 0 Å². The molecule has 1 aliphatic rings. The number of likely N-dealkylation sites (tertiary alicyclic amines) is 1. The van der Waals surface area contributed by atoms with Crippen LogP contribution >= 0.6 is 23.2 Å². The molecule has 4 nitrogen and oxygen atoms in total. The number of halogens is 2. The monoisotopic (exact) mass is 449 g/mol. The third kappa shape index (κ3) is 6.98. The van der Waals surface area contributed by atoms with Gasteiger partial charge in [-0.1, -0.05) is 47.5 Å². The molecule has 0 spiro atoms. The van der Waals surface area contributed by atoms with Crippen molar-refractivity contribution in [3.8, 4) is 0 Å². The van der Waals surface area contributed by atoms with Crippen LogP contribution in [0.5, 0.6) is 0 Å². The molecule has 0 N–H and O–H groups in total. The fourth-order valence-corrected chi connectivity index (χ4v) is 4.02.